The van der Waals surface area contributed by atoms with Crippen LogP contribution in [-0.4, -0.2) is 0 Å². The first kappa shape index (κ1) is 55.4. The van der Waals surface area contributed by atoms with Gasteiger partial charge in [-0.25, -0.2) is 0 Å². The van der Waals surface area contributed by atoms with E-state index in [0.29, 0.717) is 23.2 Å². The molecule has 0 atom stereocenters. The molecule has 0 bridgehead atoms. The van der Waals surface area contributed by atoms with Crippen LogP contribution < -0.4 is 22.8 Å². The number of rotatable bonds is 10. The van der Waals surface area contributed by atoms with Gasteiger partial charge < -0.3 is 0 Å². The lowest BCUT2D eigenvalue weighted by molar-refractivity contribution is -0.679. The molecule has 107 heavy (non-hydrogen) atoms. The summed E-state index contributed by atoms with van der Waals surface area (Å²) in [6, 6.07) is 102. The highest BCUT2D eigenvalue weighted by molar-refractivity contribution is 5.79. The number of hydrogen-bond donors (Lipinski definition) is 0. The van der Waals surface area contributed by atoms with Crippen LogP contribution in [0.5, 0.6) is 0 Å². The molecular weight excluding hydrogens is 1300 g/mol. The second kappa shape index (κ2) is 30.9. The van der Waals surface area contributed by atoms with E-state index < -0.39 is 33.3 Å². The molecule has 10 aromatic carbocycles. The van der Waals surface area contributed by atoms with E-state index in [1.54, 1.807) is 25.1 Å². The van der Waals surface area contributed by atoms with Gasteiger partial charge in [0.1, 0.15) is 0 Å². The maximum Gasteiger partial charge on any atom is 0.217 e. The van der Waals surface area contributed by atoms with E-state index in [2.05, 4.69) is 208 Å². The van der Waals surface area contributed by atoms with Crippen molar-refractivity contribution >= 4 is 0 Å². The van der Waals surface area contributed by atoms with Gasteiger partial charge >= 0.3 is 0 Å². The van der Waals surface area contributed by atoms with Gasteiger partial charge in [0.15, 0.2) is 62.7 Å². The fourth-order valence-corrected chi connectivity index (χ4v) is 16.3. The van der Waals surface area contributed by atoms with Gasteiger partial charge in [0.05, 0.1) is 27.8 Å². The van der Waals surface area contributed by atoms with E-state index in [1.165, 1.54) is 79.5 Å². The Bertz CT molecular complexity index is 6380. The van der Waals surface area contributed by atoms with Gasteiger partial charge in [0.2, 0.25) is 28.5 Å². The van der Waals surface area contributed by atoms with Crippen molar-refractivity contribution in [3.8, 4) is 112 Å². The number of aromatic nitrogens is 5. The third-order valence-corrected chi connectivity index (χ3v) is 21.6. The van der Waals surface area contributed by atoms with E-state index in [4.69, 9.17) is 17.8 Å². The summed E-state index contributed by atoms with van der Waals surface area (Å²) in [6.07, 6.45) is 4.56. The number of fused-ring (bicyclic) bond motifs is 15. The highest BCUT2D eigenvalue weighted by Gasteiger charge is 2.34. The molecular formula is C102H94N5+5. The zero-order valence-corrected chi connectivity index (χ0v) is 61.0. The SMILES string of the molecule is CCc1c(-c2ccccc2)cc[n+]2c1-c1ccccc1C2.[2H]C([2H])(C)c1c[n+]2c(cc1-c1ccccc1)-c1ccccc1C2.[2H]C([2H])([2H])Cc1c(-c2ccccc2C)ccc2[n+]1Cc1ccccc1-2.[2H]C([2H])([2H])Cc1ccccc1-c1cc[n+]2c(c1)-c1ccccc1C2.[2H]C([2H])([2H])c1c(-c2ccccc2C([2H])([2H])C)ccc2[n+]1Cc1ccccc1-2. The van der Waals surface area contributed by atoms with Crippen molar-refractivity contribution in [3.63, 3.8) is 0 Å². The van der Waals surface area contributed by atoms with Crippen molar-refractivity contribution in [1.29, 1.82) is 0 Å². The standard InChI is InChI=1S/2C21H20N.3C20H18N/c1-3-16-8-4-6-10-19(16)18-12-13-21-20-11-7-5-9-17(20)14-22(21)15(18)2;1-3-20-19(17-10-6-4-8-15(17)2)12-13-21-18-11-7-5-9-16(18)14-22(20)21;1-2-15-7-3-5-9-18(15)16-11-12-21-14-17-8-4-6-10-19(17)20(21)13-16;1-2-15-13-21-14-17-10-6-7-11-18(17)20(21)12-19(15)16-8-4-3-5-9-16;1-2-17-18(15-8-4-3-5-9-15)12-13-21-14-16-10-6-7-11-19(16)20(17)21/h2*4-13H,3,14H2,1-2H3;3*3-13H,2,14H2,1H3/q5*+1/i2D3,3D2;2*1D3;2D2;. The molecule has 20 rings (SSSR count). The Morgan fingerprint density at radius 3 is 1.38 bits per heavy atom. The number of aryl methyl sites for hydroxylation is 4. The molecule has 0 aliphatic carbocycles. The van der Waals surface area contributed by atoms with Crippen LogP contribution in [0.3, 0.4) is 0 Å². The second-order valence-corrected chi connectivity index (χ2v) is 27.7. The van der Waals surface area contributed by atoms with Crippen LogP contribution in [0.25, 0.3) is 112 Å². The number of hydrogen-bond acceptors (Lipinski definition) is 0. The number of benzene rings is 10. The van der Waals surface area contributed by atoms with Crippen LogP contribution in [0.1, 0.15) is 119 Å². The first-order valence-corrected chi connectivity index (χ1v) is 37.1. The molecule has 15 aromatic rings. The van der Waals surface area contributed by atoms with E-state index in [1.807, 2.05) is 132 Å². The van der Waals surface area contributed by atoms with E-state index in [0.717, 1.165) is 117 Å². The van der Waals surface area contributed by atoms with Gasteiger partial charge in [-0.1, -0.05) is 259 Å². The van der Waals surface area contributed by atoms with Crippen molar-refractivity contribution in [2.24, 2.45) is 0 Å². The molecule has 0 spiro atoms. The van der Waals surface area contributed by atoms with Gasteiger partial charge in [0.25, 0.3) is 0 Å². The minimum absolute atomic E-state index is 0.0680. The third kappa shape index (κ3) is 13.6. The Morgan fingerprint density at radius 1 is 0.308 bits per heavy atom. The van der Waals surface area contributed by atoms with Gasteiger partial charge in [-0.05, 0) is 136 Å². The molecule has 0 saturated heterocycles. The Kier molecular flexibility index (Phi) is 16.0. The monoisotopic (exact) mass is 1400 g/mol. The summed E-state index contributed by atoms with van der Waals surface area (Å²) >= 11 is 0. The third-order valence-electron chi connectivity index (χ3n) is 21.6. The average Bonchev–Trinajstić information content (AvgIpc) is 1.57. The van der Waals surface area contributed by atoms with Crippen LogP contribution in [0.2, 0.25) is 0 Å². The molecule has 5 heteroatoms. The Morgan fingerprint density at radius 2 is 0.776 bits per heavy atom. The summed E-state index contributed by atoms with van der Waals surface area (Å²) in [7, 11) is 0. The summed E-state index contributed by atoms with van der Waals surface area (Å²) < 4.78 is 114. The Balaban J connectivity index is 0.000000112. The topological polar surface area (TPSA) is 19.4 Å². The first-order valence-electron chi connectivity index (χ1n) is 43.6. The summed E-state index contributed by atoms with van der Waals surface area (Å²) in [5.41, 5.74) is 34.2. The lowest BCUT2D eigenvalue weighted by Gasteiger charge is -2.10. The van der Waals surface area contributed by atoms with Crippen LogP contribution in [0.4, 0.5) is 0 Å². The van der Waals surface area contributed by atoms with Gasteiger partial charge in [-0.2, -0.15) is 22.8 Å². The molecule has 0 unspecified atom stereocenters. The molecule has 0 fully saturated rings. The fraction of sp³-hybridized carbons (Fsp3) is 0.167. The summed E-state index contributed by atoms with van der Waals surface area (Å²) in [5, 5.41) is 0. The second-order valence-electron chi connectivity index (χ2n) is 27.7. The molecule has 522 valence electrons. The largest absolute Gasteiger partial charge is 0.217 e. The minimum Gasteiger partial charge on any atom is -0.194 e. The molecule has 0 amide bonds. The van der Waals surface area contributed by atoms with Gasteiger partial charge in [-0.15, -0.1) is 0 Å². The molecule has 10 heterocycles. The lowest BCUT2D eigenvalue weighted by Crippen LogP contribution is -2.37. The van der Waals surface area contributed by atoms with Crippen molar-refractivity contribution < 1.29 is 40.7 Å². The van der Waals surface area contributed by atoms with Crippen LogP contribution in [-0.2, 0) is 64.7 Å². The highest BCUT2D eigenvalue weighted by atomic mass is 15.0. The number of nitrogens with zero attached hydrogens (tertiary/aromatic N) is 5. The Labute approximate surface area is 651 Å². The van der Waals surface area contributed by atoms with Crippen LogP contribution >= 0.6 is 0 Å². The molecule has 0 saturated carbocycles. The normalized spacial score (nSPS) is 14.5. The smallest absolute Gasteiger partial charge is 0.194 e. The van der Waals surface area contributed by atoms with Gasteiger partial charge in [-0.3, -0.25) is 0 Å². The highest BCUT2D eigenvalue weighted by Crippen LogP contribution is 2.39. The predicted octanol–water partition coefficient (Wildman–Crippen LogP) is 21.8. The maximum atomic E-state index is 8.24. The summed E-state index contributed by atoms with van der Waals surface area (Å²) in [6.45, 7) is 5.10. The molecule has 0 N–H and O–H groups in total. The quantitative estimate of drug-likeness (QED) is 0.122. The van der Waals surface area contributed by atoms with Crippen LogP contribution in [0, 0.1) is 13.8 Å². The van der Waals surface area contributed by atoms with Crippen molar-refractivity contribution in [2.75, 3.05) is 0 Å². The molecule has 5 aliphatic heterocycles. The zero-order chi connectivity index (χ0) is 84.0. The lowest BCUT2D eigenvalue weighted by atomic mass is 9.94. The Hall–Kier alpha value is -12.1. The maximum absolute atomic E-state index is 8.24. The first-order chi connectivity index (χ1) is 57.5. The predicted molar refractivity (Wildman–Crippen MR) is 439 cm³/mol. The molecule has 5 aromatic heterocycles. The molecule has 5 nitrogen and oxygen atoms in total. The minimum atomic E-state index is -2.32. The summed E-state index contributed by atoms with van der Waals surface area (Å²) in [4.78, 5) is 0. The molecule has 0 radical (unpaired) electrons. The van der Waals surface area contributed by atoms with Crippen molar-refractivity contribution in [2.45, 2.75) is 113 Å². The fourth-order valence-electron chi connectivity index (χ4n) is 16.3. The average molecular weight is 1400 g/mol. The molecule has 5 aliphatic rings. The van der Waals surface area contributed by atoms with Crippen molar-refractivity contribution in [3.05, 3.63) is 389 Å². The van der Waals surface area contributed by atoms with E-state index in [9.17, 15) is 0 Å². The van der Waals surface area contributed by atoms with Gasteiger partial charge in [0, 0.05) is 118 Å². The summed E-state index contributed by atoms with van der Waals surface area (Å²) in [5.74, 6) is 0. The van der Waals surface area contributed by atoms with Crippen LogP contribution in [0.15, 0.2) is 322 Å². The zero-order valence-electron chi connectivity index (χ0n) is 74.0. The van der Waals surface area contributed by atoms with Crippen molar-refractivity contribution in [1.82, 2.24) is 0 Å². The number of pyridine rings is 5. The van der Waals surface area contributed by atoms with E-state index in [-0.39, 0.29) is 18.5 Å². The van der Waals surface area contributed by atoms with E-state index >= 15 is 0 Å².